The van der Waals surface area contributed by atoms with Gasteiger partial charge in [0.05, 0.1) is 0 Å². The van der Waals surface area contributed by atoms with Crippen LogP contribution in [0.15, 0.2) is 71.1 Å². The number of fused-ring (bicyclic) bond motifs is 1. The van der Waals surface area contributed by atoms with Gasteiger partial charge in [0.2, 0.25) is 5.89 Å². The van der Waals surface area contributed by atoms with Crippen molar-refractivity contribution >= 4 is 62.6 Å². The van der Waals surface area contributed by atoms with Crippen molar-refractivity contribution in [1.82, 2.24) is 10.3 Å². The van der Waals surface area contributed by atoms with Gasteiger partial charge in [0.25, 0.3) is 5.91 Å². The first-order valence-electron chi connectivity index (χ1n) is 10.3. The van der Waals surface area contributed by atoms with Crippen LogP contribution in [0, 0.1) is 3.57 Å². The Morgan fingerprint density at radius 1 is 1.12 bits per heavy atom. The van der Waals surface area contributed by atoms with E-state index in [4.69, 9.17) is 16.6 Å². The molecule has 0 unspecified atom stereocenters. The van der Waals surface area contributed by atoms with Crippen molar-refractivity contribution in [2.75, 3.05) is 5.32 Å². The zero-order valence-corrected chi connectivity index (χ0v) is 20.7. The molecule has 0 fully saturated rings. The Kier molecular flexibility index (Phi) is 6.86. The lowest BCUT2D eigenvalue weighted by Crippen LogP contribution is -2.34. The number of rotatable bonds is 5. The summed E-state index contributed by atoms with van der Waals surface area (Å²) >= 11 is 7.45. The van der Waals surface area contributed by atoms with E-state index >= 15 is 0 Å². The number of carbonyl (C=O) groups is 1. The summed E-state index contributed by atoms with van der Waals surface area (Å²) in [6.45, 7) is 4.39. The minimum atomic E-state index is -0.249. The van der Waals surface area contributed by atoms with Crippen molar-refractivity contribution < 1.29 is 9.21 Å². The van der Waals surface area contributed by atoms with E-state index in [1.807, 2.05) is 42.5 Å². The Bertz CT molecular complexity index is 1280. The van der Waals surface area contributed by atoms with Crippen LogP contribution in [0.25, 0.3) is 22.6 Å². The van der Waals surface area contributed by atoms with Gasteiger partial charge < -0.3 is 9.73 Å². The third-order valence-electron chi connectivity index (χ3n) is 5.30. The highest BCUT2D eigenvalue weighted by Gasteiger charge is 2.12. The van der Waals surface area contributed by atoms with Gasteiger partial charge in [-0.1, -0.05) is 26.0 Å². The highest BCUT2D eigenvalue weighted by atomic mass is 127. The Morgan fingerprint density at radius 3 is 2.62 bits per heavy atom. The maximum absolute atomic E-state index is 12.3. The van der Waals surface area contributed by atoms with Crippen LogP contribution in [0.1, 0.15) is 42.1 Å². The van der Waals surface area contributed by atoms with Crippen molar-refractivity contribution in [1.29, 1.82) is 0 Å². The Morgan fingerprint density at radius 2 is 1.91 bits per heavy atom. The van der Waals surface area contributed by atoms with Gasteiger partial charge in [0.15, 0.2) is 10.7 Å². The van der Waals surface area contributed by atoms with E-state index in [9.17, 15) is 4.79 Å². The first-order chi connectivity index (χ1) is 15.4. The number of oxazole rings is 1. The average molecular weight is 555 g/mol. The minimum Gasteiger partial charge on any atom is -0.436 e. The number of hydrogen-bond donors (Lipinski definition) is 2. The summed E-state index contributed by atoms with van der Waals surface area (Å²) in [6.07, 6.45) is 1.08. The predicted molar refractivity (Wildman–Crippen MR) is 141 cm³/mol. The molecule has 162 valence electrons. The van der Waals surface area contributed by atoms with Crippen molar-refractivity contribution in [3.8, 4) is 11.5 Å². The second-order valence-corrected chi connectivity index (χ2v) is 9.21. The second kappa shape index (κ2) is 9.79. The van der Waals surface area contributed by atoms with Gasteiger partial charge in [-0.25, -0.2) is 4.98 Å². The zero-order chi connectivity index (χ0) is 22.7. The lowest BCUT2D eigenvalue weighted by Gasteiger charge is -2.10. The van der Waals surface area contributed by atoms with Crippen LogP contribution in [0.2, 0.25) is 0 Å². The molecule has 4 aromatic rings. The fourth-order valence-electron chi connectivity index (χ4n) is 3.27. The number of nitrogens with zero attached hydrogens (tertiary/aromatic N) is 1. The van der Waals surface area contributed by atoms with Crippen LogP contribution in [0.5, 0.6) is 0 Å². The monoisotopic (exact) mass is 555 g/mol. The van der Waals surface area contributed by atoms with Gasteiger partial charge >= 0.3 is 0 Å². The molecular weight excluding hydrogens is 533 g/mol. The Labute approximate surface area is 205 Å². The van der Waals surface area contributed by atoms with E-state index in [0.29, 0.717) is 17.4 Å². The molecule has 4 rings (SSSR count). The fraction of sp³-hybridized carbons (Fsp3) is 0.160. The number of anilines is 1. The highest BCUT2D eigenvalue weighted by molar-refractivity contribution is 14.1. The van der Waals surface area contributed by atoms with Crippen LogP contribution in [0.4, 0.5) is 5.69 Å². The van der Waals surface area contributed by atoms with Gasteiger partial charge in [-0.3, -0.25) is 10.1 Å². The van der Waals surface area contributed by atoms with E-state index in [-0.39, 0.29) is 11.0 Å². The van der Waals surface area contributed by atoms with Crippen molar-refractivity contribution in [2.45, 2.75) is 26.2 Å². The molecule has 1 heterocycles. The van der Waals surface area contributed by atoms with Crippen LogP contribution in [0.3, 0.4) is 0 Å². The summed E-state index contributed by atoms with van der Waals surface area (Å²) < 4.78 is 6.93. The van der Waals surface area contributed by atoms with Crippen LogP contribution >= 0.6 is 34.8 Å². The number of carbonyl (C=O) groups excluding carboxylic acids is 1. The van der Waals surface area contributed by atoms with Crippen LogP contribution in [-0.2, 0) is 0 Å². The predicted octanol–water partition coefficient (Wildman–Crippen LogP) is 6.74. The molecule has 1 atom stereocenters. The van der Waals surface area contributed by atoms with Crippen molar-refractivity contribution in [3.63, 3.8) is 0 Å². The number of aromatic nitrogens is 1. The quantitative estimate of drug-likeness (QED) is 0.211. The van der Waals surface area contributed by atoms with Crippen molar-refractivity contribution in [2.24, 2.45) is 0 Å². The molecule has 0 aliphatic carbocycles. The summed E-state index contributed by atoms with van der Waals surface area (Å²) in [5.41, 5.74) is 5.08. The number of benzene rings is 3. The standard InChI is InChI=1S/C25H22IN3O2S/c1-3-15(2)17-9-12-22-21(14-17)28-24(31-22)16-7-10-20(11-8-16)27-25(32)29-23(30)18-5-4-6-19(26)13-18/h4-15H,3H2,1-2H3,(H2,27,29,30,32)/t15-/m0/s1. The molecule has 2 N–H and O–H groups in total. The van der Waals surface area contributed by atoms with Gasteiger partial charge in [0, 0.05) is 20.4 Å². The smallest absolute Gasteiger partial charge is 0.257 e. The molecule has 0 saturated carbocycles. The molecule has 1 aromatic heterocycles. The lowest BCUT2D eigenvalue weighted by atomic mass is 9.98. The number of nitrogens with one attached hydrogen (secondary N) is 2. The van der Waals surface area contributed by atoms with E-state index in [1.165, 1.54) is 5.56 Å². The van der Waals surface area contributed by atoms with Gasteiger partial charge in [-0.05, 0) is 107 Å². The first-order valence-corrected chi connectivity index (χ1v) is 11.8. The normalized spacial score (nSPS) is 11.8. The SMILES string of the molecule is CC[C@H](C)c1ccc2oc(-c3ccc(NC(=S)NC(=O)c4cccc(I)c4)cc3)nc2c1. The Balaban J connectivity index is 1.43. The number of amides is 1. The summed E-state index contributed by atoms with van der Waals surface area (Å²) in [7, 11) is 0. The number of halogens is 1. The van der Waals surface area contributed by atoms with Crippen LogP contribution in [-0.4, -0.2) is 16.0 Å². The molecule has 3 aromatic carbocycles. The van der Waals surface area contributed by atoms with Crippen molar-refractivity contribution in [3.05, 3.63) is 81.4 Å². The highest BCUT2D eigenvalue weighted by Crippen LogP contribution is 2.28. The topological polar surface area (TPSA) is 67.2 Å². The molecular formula is C25H22IN3O2S. The molecule has 32 heavy (non-hydrogen) atoms. The molecule has 7 heteroatoms. The second-order valence-electron chi connectivity index (χ2n) is 7.55. The summed E-state index contributed by atoms with van der Waals surface area (Å²) in [5.74, 6) is 0.808. The molecule has 0 radical (unpaired) electrons. The molecule has 1 amide bonds. The Hall–Kier alpha value is -2.78. The number of hydrogen-bond acceptors (Lipinski definition) is 4. The molecule has 0 spiro atoms. The maximum Gasteiger partial charge on any atom is 0.257 e. The molecule has 0 aliphatic rings. The lowest BCUT2D eigenvalue weighted by molar-refractivity contribution is 0.0977. The summed E-state index contributed by atoms with van der Waals surface area (Å²) in [6, 6.07) is 21.1. The number of thiocarbonyl (C=S) groups is 1. The largest absolute Gasteiger partial charge is 0.436 e. The van der Waals surface area contributed by atoms with Gasteiger partial charge in [-0.2, -0.15) is 0 Å². The van der Waals surface area contributed by atoms with Gasteiger partial charge in [-0.15, -0.1) is 0 Å². The summed E-state index contributed by atoms with van der Waals surface area (Å²) in [5, 5.41) is 5.97. The molecule has 0 aliphatic heterocycles. The van der Waals surface area contributed by atoms with Gasteiger partial charge in [0.1, 0.15) is 5.52 Å². The average Bonchev–Trinajstić information content (AvgIpc) is 3.22. The first kappa shape index (κ1) is 22.4. The minimum absolute atomic E-state index is 0.237. The van der Waals surface area contributed by atoms with Crippen LogP contribution < -0.4 is 10.6 Å². The summed E-state index contributed by atoms with van der Waals surface area (Å²) in [4.78, 5) is 17.0. The van der Waals surface area contributed by atoms with E-state index in [1.54, 1.807) is 12.1 Å². The van der Waals surface area contributed by atoms with E-state index < -0.39 is 0 Å². The zero-order valence-electron chi connectivity index (χ0n) is 17.7. The molecule has 5 nitrogen and oxygen atoms in total. The maximum atomic E-state index is 12.3. The molecule has 0 saturated heterocycles. The molecule has 0 bridgehead atoms. The fourth-order valence-corrected chi connectivity index (χ4v) is 4.03. The van der Waals surface area contributed by atoms with E-state index in [0.717, 1.165) is 32.3 Å². The third-order valence-corrected chi connectivity index (χ3v) is 6.17. The third kappa shape index (κ3) is 5.16. The van der Waals surface area contributed by atoms with E-state index in [2.05, 4.69) is 64.2 Å².